The fourth-order valence-corrected chi connectivity index (χ4v) is 2.33. The highest BCUT2D eigenvalue weighted by atomic mass is 19.1. The minimum atomic E-state index is -0.539. The van der Waals surface area contributed by atoms with Gasteiger partial charge in [0.1, 0.15) is 11.6 Å². The molecule has 3 rings (SSSR count). The summed E-state index contributed by atoms with van der Waals surface area (Å²) in [5, 5.41) is 0. The van der Waals surface area contributed by atoms with Crippen molar-refractivity contribution >= 4 is 5.95 Å². The first-order valence-electron chi connectivity index (χ1n) is 6.14. The maximum Gasteiger partial charge on any atom is 0.225 e. The summed E-state index contributed by atoms with van der Waals surface area (Å²) in [7, 11) is 0. The van der Waals surface area contributed by atoms with Crippen LogP contribution in [-0.2, 0) is 13.0 Å². The molecule has 1 aliphatic rings. The third kappa shape index (κ3) is 2.28. The van der Waals surface area contributed by atoms with Crippen molar-refractivity contribution in [2.45, 2.75) is 19.9 Å². The zero-order valence-corrected chi connectivity index (χ0v) is 10.5. The first kappa shape index (κ1) is 12.0. The molecule has 0 aliphatic carbocycles. The van der Waals surface area contributed by atoms with Gasteiger partial charge < -0.3 is 4.90 Å². The molecular weight excluding hydrogens is 248 g/mol. The SMILES string of the molecule is Cc1cnc(N2CCc3c(F)cc(F)cc3C2)nc1. The van der Waals surface area contributed by atoms with Crippen molar-refractivity contribution in [2.24, 2.45) is 0 Å². The van der Waals surface area contributed by atoms with E-state index >= 15 is 0 Å². The van der Waals surface area contributed by atoms with Crippen LogP contribution in [0.3, 0.4) is 0 Å². The van der Waals surface area contributed by atoms with E-state index in [9.17, 15) is 8.78 Å². The highest BCUT2D eigenvalue weighted by Crippen LogP contribution is 2.25. The Kier molecular flexibility index (Phi) is 2.89. The van der Waals surface area contributed by atoms with Gasteiger partial charge in [-0.2, -0.15) is 0 Å². The molecule has 0 fully saturated rings. The molecule has 0 radical (unpaired) electrons. The van der Waals surface area contributed by atoms with E-state index < -0.39 is 11.6 Å². The van der Waals surface area contributed by atoms with E-state index in [-0.39, 0.29) is 0 Å². The van der Waals surface area contributed by atoms with E-state index in [1.54, 1.807) is 12.4 Å². The van der Waals surface area contributed by atoms with E-state index in [4.69, 9.17) is 0 Å². The predicted octanol–water partition coefficient (Wildman–Crippen LogP) is 2.63. The second kappa shape index (κ2) is 4.57. The number of hydrogen-bond acceptors (Lipinski definition) is 3. The Morgan fingerprint density at radius 3 is 2.63 bits per heavy atom. The molecule has 1 aliphatic heterocycles. The van der Waals surface area contributed by atoms with Gasteiger partial charge >= 0.3 is 0 Å². The van der Waals surface area contributed by atoms with Crippen LogP contribution in [0.5, 0.6) is 0 Å². The second-order valence-corrected chi connectivity index (χ2v) is 4.76. The molecule has 19 heavy (non-hydrogen) atoms. The quantitative estimate of drug-likeness (QED) is 0.790. The number of halogens is 2. The third-order valence-corrected chi connectivity index (χ3v) is 3.30. The lowest BCUT2D eigenvalue weighted by Gasteiger charge is -2.29. The molecule has 3 nitrogen and oxygen atoms in total. The standard InChI is InChI=1S/C14H13F2N3/c1-9-6-17-14(18-7-9)19-3-2-12-10(8-19)4-11(15)5-13(12)16/h4-7H,2-3,8H2,1H3. The van der Waals surface area contributed by atoms with Gasteiger partial charge in [0, 0.05) is 31.5 Å². The van der Waals surface area contributed by atoms with Gasteiger partial charge in [-0.1, -0.05) is 0 Å². The van der Waals surface area contributed by atoms with E-state index in [2.05, 4.69) is 9.97 Å². The summed E-state index contributed by atoms with van der Waals surface area (Å²) in [6.45, 7) is 2.99. The van der Waals surface area contributed by atoms with E-state index in [1.165, 1.54) is 6.07 Å². The van der Waals surface area contributed by atoms with Crippen LogP contribution in [0.2, 0.25) is 0 Å². The minimum Gasteiger partial charge on any atom is -0.336 e. The van der Waals surface area contributed by atoms with E-state index in [1.807, 2.05) is 11.8 Å². The Bertz CT molecular complexity index is 611. The lowest BCUT2D eigenvalue weighted by Crippen LogP contribution is -2.32. The number of hydrogen-bond donors (Lipinski definition) is 0. The summed E-state index contributed by atoms with van der Waals surface area (Å²) in [5.41, 5.74) is 2.26. The highest BCUT2D eigenvalue weighted by Gasteiger charge is 2.21. The Labute approximate surface area is 109 Å². The van der Waals surface area contributed by atoms with Crippen LogP contribution in [0, 0.1) is 18.6 Å². The fraction of sp³-hybridized carbons (Fsp3) is 0.286. The molecule has 98 valence electrons. The van der Waals surface area contributed by atoms with Crippen LogP contribution < -0.4 is 4.90 Å². The van der Waals surface area contributed by atoms with E-state index in [0.717, 1.165) is 11.6 Å². The Hall–Kier alpha value is -2.04. The summed E-state index contributed by atoms with van der Waals surface area (Å²) in [5.74, 6) is -0.400. The number of anilines is 1. The van der Waals surface area contributed by atoms with E-state index in [0.29, 0.717) is 36.6 Å². The van der Waals surface area contributed by atoms with Crippen molar-refractivity contribution in [3.05, 3.63) is 52.9 Å². The molecule has 0 bridgehead atoms. The molecule has 0 amide bonds. The molecule has 0 saturated carbocycles. The third-order valence-electron chi connectivity index (χ3n) is 3.30. The number of rotatable bonds is 1. The lowest BCUT2D eigenvalue weighted by molar-refractivity contribution is 0.554. The van der Waals surface area contributed by atoms with Gasteiger partial charge in [0.2, 0.25) is 5.95 Å². The van der Waals surface area contributed by atoms with Gasteiger partial charge in [-0.25, -0.2) is 18.7 Å². The molecule has 0 atom stereocenters. The highest BCUT2D eigenvalue weighted by molar-refractivity contribution is 5.40. The molecule has 0 saturated heterocycles. The summed E-state index contributed by atoms with van der Waals surface area (Å²) in [4.78, 5) is 10.4. The van der Waals surface area contributed by atoms with Crippen LogP contribution in [0.4, 0.5) is 14.7 Å². The zero-order chi connectivity index (χ0) is 13.4. The van der Waals surface area contributed by atoms with Crippen LogP contribution in [0.25, 0.3) is 0 Å². The Morgan fingerprint density at radius 1 is 1.16 bits per heavy atom. The Morgan fingerprint density at radius 2 is 1.89 bits per heavy atom. The molecular formula is C14H13F2N3. The topological polar surface area (TPSA) is 29.0 Å². The molecule has 1 aromatic heterocycles. The van der Waals surface area contributed by atoms with Crippen molar-refractivity contribution < 1.29 is 8.78 Å². The van der Waals surface area contributed by atoms with Crippen LogP contribution >= 0.6 is 0 Å². The largest absolute Gasteiger partial charge is 0.336 e. The van der Waals surface area contributed by atoms with Gasteiger partial charge in [-0.15, -0.1) is 0 Å². The van der Waals surface area contributed by atoms with Crippen LogP contribution in [0.1, 0.15) is 16.7 Å². The van der Waals surface area contributed by atoms with Gasteiger partial charge in [0.05, 0.1) is 0 Å². The number of aromatic nitrogens is 2. The van der Waals surface area contributed by atoms with Gasteiger partial charge in [0.25, 0.3) is 0 Å². The average molecular weight is 261 g/mol. The van der Waals surface area contributed by atoms with Crippen molar-refractivity contribution in [3.63, 3.8) is 0 Å². The normalized spacial score (nSPS) is 14.4. The molecule has 2 aromatic rings. The molecule has 1 aromatic carbocycles. The van der Waals surface area contributed by atoms with Crippen molar-refractivity contribution in [1.29, 1.82) is 0 Å². The summed E-state index contributed by atoms with van der Waals surface area (Å²) >= 11 is 0. The number of aryl methyl sites for hydroxylation is 1. The summed E-state index contributed by atoms with van der Waals surface area (Å²) in [6, 6.07) is 2.33. The molecule has 2 heterocycles. The van der Waals surface area contributed by atoms with Crippen LogP contribution in [0.15, 0.2) is 24.5 Å². The smallest absolute Gasteiger partial charge is 0.225 e. The second-order valence-electron chi connectivity index (χ2n) is 4.76. The van der Waals surface area contributed by atoms with Crippen molar-refractivity contribution in [2.75, 3.05) is 11.4 Å². The zero-order valence-electron chi connectivity index (χ0n) is 10.5. The first-order chi connectivity index (χ1) is 9.13. The molecule has 0 unspecified atom stereocenters. The monoisotopic (exact) mass is 261 g/mol. The molecule has 5 heteroatoms. The van der Waals surface area contributed by atoms with Gasteiger partial charge in [0.15, 0.2) is 0 Å². The van der Waals surface area contributed by atoms with Crippen molar-refractivity contribution in [3.8, 4) is 0 Å². The van der Waals surface area contributed by atoms with Gasteiger partial charge in [-0.05, 0) is 36.1 Å². The average Bonchev–Trinajstić information content (AvgIpc) is 2.38. The molecule has 0 N–H and O–H groups in total. The predicted molar refractivity (Wildman–Crippen MR) is 67.9 cm³/mol. The number of fused-ring (bicyclic) bond motifs is 1. The lowest BCUT2D eigenvalue weighted by atomic mass is 9.99. The van der Waals surface area contributed by atoms with Crippen LogP contribution in [-0.4, -0.2) is 16.5 Å². The van der Waals surface area contributed by atoms with Crippen molar-refractivity contribution in [1.82, 2.24) is 9.97 Å². The van der Waals surface area contributed by atoms with Gasteiger partial charge in [-0.3, -0.25) is 0 Å². The molecule has 0 spiro atoms. The first-order valence-corrected chi connectivity index (χ1v) is 6.14. The number of nitrogens with zero attached hydrogens (tertiary/aromatic N) is 3. The maximum absolute atomic E-state index is 13.6. The fourth-order valence-electron chi connectivity index (χ4n) is 2.33. The summed E-state index contributed by atoms with van der Waals surface area (Å²) in [6.07, 6.45) is 4.02. The number of benzene rings is 1. The minimum absolute atomic E-state index is 0.438. The maximum atomic E-state index is 13.6. The Balaban J connectivity index is 1.91. The summed E-state index contributed by atoms with van der Waals surface area (Å²) < 4.78 is 26.9.